The molecule has 2 aromatic rings. The number of halogens is 1. The van der Waals surface area contributed by atoms with Crippen molar-refractivity contribution in [2.45, 2.75) is 5.88 Å². The van der Waals surface area contributed by atoms with Crippen LogP contribution in [-0.2, 0) is 5.88 Å². The Morgan fingerprint density at radius 2 is 2.17 bits per heavy atom. The molecule has 0 aliphatic heterocycles. The number of benzene rings is 1. The van der Waals surface area contributed by atoms with E-state index in [1.165, 1.54) is 0 Å². The van der Waals surface area contributed by atoms with E-state index in [9.17, 15) is 4.79 Å². The Kier molecular flexibility index (Phi) is 1.66. The fourth-order valence-electron chi connectivity index (χ4n) is 1.16. The zero-order valence-corrected chi connectivity index (χ0v) is 6.98. The molecule has 0 aliphatic rings. The molecule has 0 radical (unpaired) electrons. The van der Waals surface area contributed by atoms with Crippen LogP contribution in [0.4, 0.5) is 0 Å². The fraction of sp³-hybridized carbons (Fsp3) is 0.125. The second-order valence-corrected chi connectivity index (χ2v) is 2.86. The van der Waals surface area contributed by atoms with E-state index in [-0.39, 0.29) is 5.56 Å². The summed E-state index contributed by atoms with van der Waals surface area (Å²) in [6, 6.07) is 5.52. The quantitative estimate of drug-likeness (QED) is 0.647. The first kappa shape index (κ1) is 7.43. The highest BCUT2D eigenvalue weighted by Crippen LogP contribution is 2.10. The third-order valence-corrected chi connectivity index (χ3v) is 2.10. The summed E-state index contributed by atoms with van der Waals surface area (Å²) in [5.41, 5.74) is 1.67. The highest BCUT2D eigenvalue weighted by atomic mass is 35.5. The lowest BCUT2D eigenvalue weighted by molar-refractivity contribution is 1.08. The largest absolute Gasteiger partial charge is 0.298 e. The van der Waals surface area contributed by atoms with E-state index in [0.29, 0.717) is 11.3 Å². The van der Waals surface area contributed by atoms with E-state index in [1.807, 2.05) is 12.1 Å². The van der Waals surface area contributed by atoms with Crippen molar-refractivity contribution in [1.82, 2.24) is 10.2 Å². The Morgan fingerprint density at radius 1 is 1.33 bits per heavy atom. The SMILES string of the molecule is O=c1[nH][nH]c2ccc(CCl)cc12. The van der Waals surface area contributed by atoms with Crippen LogP contribution in [0, 0.1) is 0 Å². The van der Waals surface area contributed by atoms with Crippen LogP contribution in [0.25, 0.3) is 10.9 Å². The topological polar surface area (TPSA) is 48.6 Å². The lowest BCUT2D eigenvalue weighted by Gasteiger charge is -1.92. The highest BCUT2D eigenvalue weighted by Gasteiger charge is 2.00. The predicted molar refractivity (Wildman–Crippen MR) is 48.5 cm³/mol. The van der Waals surface area contributed by atoms with Crippen LogP contribution in [0.15, 0.2) is 23.0 Å². The predicted octanol–water partition coefficient (Wildman–Crippen LogP) is 1.59. The first-order valence-electron chi connectivity index (χ1n) is 3.56. The molecule has 2 N–H and O–H groups in total. The van der Waals surface area contributed by atoms with Gasteiger partial charge in [-0.3, -0.25) is 15.0 Å². The van der Waals surface area contributed by atoms with Gasteiger partial charge in [0, 0.05) is 5.88 Å². The van der Waals surface area contributed by atoms with E-state index in [1.54, 1.807) is 6.07 Å². The number of alkyl halides is 1. The number of hydrogen-bond acceptors (Lipinski definition) is 1. The number of hydrogen-bond donors (Lipinski definition) is 2. The Morgan fingerprint density at radius 3 is 2.92 bits per heavy atom. The molecular weight excluding hydrogens is 176 g/mol. The monoisotopic (exact) mass is 182 g/mol. The summed E-state index contributed by atoms with van der Waals surface area (Å²) in [6.45, 7) is 0. The molecule has 0 saturated heterocycles. The summed E-state index contributed by atoms with van der Waals surface area (Å²) in [4.78, 5) is 11.1. The Bertz CT molecular complexity index is 457. The van der Waals surface area contributed by atoms with Gasteiger partial charge in [-0.2, -0.15) is 0 Å². The van der Waals surface area contributed by atoms with Crippen molar-refractivity contribution in [2.75, 3.05) is 0 Å². The molecule has 1 aromatic carbocycles. The second-order valence-electron chi connectivity index (χ2n) is 2.59. The third kappa shape index (κ3) is 1.02. The summed E-state index contributed by atoms with van der Waals surface area (Å²) in [7, 11) is 0. The highest BCUT2D eigenvalue weighted by molar-refractivity contribution is 6.17. The number of fused-ring (bicyclic) bond motifs is 1. The van der Waals surface area contributed by atoms with Crippen molar-refractivity contribution < 1.29 is 0 Å². The first-order valence-corrected chi connectivity index (χ1v) is 4.10. The van der Waals surface area contributed by atoms with Gasteiger partial charge < -0.3 is 0 Å². The molecule has 62 valence electrons. The molecule has 0 unspecified atom stereocenters. The van der Waals surface area contributed by atoms with Gasteiger partial charge in [-0.05, 0) is 17.7 Å². The molecule has 0 fully saturated rings. The molecule has 4 heteroatoms. The average Bonchev–Trinajstić information content (AvgIpc) is 2.47. The molecule has 1 aromatic heterocycles. The summed E-state index contributed by atoms with van der Waals surface area (Å²) in [5.74, 6) is 0.431. The molecule has 1 heterocycles. The standard InChI is InChI=1S/C8H7ClN2O/c9-4-5-1-2-7-6(3-5)8(12)11-10-7/h1-3H,4H2,(H2,10,11,12). The van der Waals surface area contributed by atoms with Crippen molar-refractivity contribution in [3.05, 3.63) is 34.1 Å². The van der Waals surface area contributed by atoms with Gasteiger partial charge in [-0.25, -0.2) is 0 Å². The summed E-state index contributed by atoms with van der Waals surface area (Å²) < 4.78 is 0. The second kappa shape index (κ2) is 2.68. The molecule has 0 spiro atoms. The number of rotatable bonds is 1. The number of nitrogens with one attached hydrogen (secondary N) is 2. The van der Waals surface area contributed by atoms with Crippen molar-refractivity contribution in [3.63, 3.8) is 0 Å². The van der Waals surface area contributed by atoms with Crippen LogP contribution in [0.3, 0.4) is 0 Å². The van der Waals surface area contributed by atoms with Gasteiger partial charge in [0.1, 0.15) is 0 Å². The van der Waals surface area contributed by atoms with E-state index in [4.69, 9.17) is 11.6 Å². The van der Waals surface area contributed by atoms with Crippen molar-refractivity contribution in [3.8, 4) is 0 Å². The van der Waals surface area contributed by atoms with Gasteiger partial charge in [-0.15, -0.1) is 11.6 Å². The normalized spacial score (nSPS) is 10.8. The van der Waals surface area contributed by atoms with Crippen LogP contribution < -0.4 is 5.56 Å². The number of aromatic nitrogens is 2. The van der Waals surface area contributed by atoms with Crippen molar-refractivity contribution in [1.29, 1.82) is 0 Å². The molecular formula is C8H7ClN2O. The molecule has 0 saturated carbocycles. The minimum Gasteiger partial charge on any atom is -0.298 e. The molecule has 0 aliphatic carbocycles. The van der Waals surface area contributed by atoms with Crippen LogP contribution in [-0.4, -0.2) is 10.2 Å². The van der Waals surface area contributed by atoms with Crippen LogP contribution in [0.5, 0.6) is 0 Å². The van der Waals surface area contributed by atoms with Crippen molar-refractivity contribution >= 4 is 22.5 Å². The lowest BCUT2D eigenvalue weighted by atomic mass is 10.2. The van der Waals surface area contributed by atoms with Crippen molar-refractivity contribution in [2.24, 2.45) is 0 Å². The maximum absolute atomic E-state index is 11.1. The Hall–Kier alpha value is -1.22. The minimum absolute atomic E-state index is 0.100. The van der Waals surface area contributed by atoms with Gasteiger partial charge in [0.2, 0.25) is 0 Å². The van der Waals surface area contributed by atoms with E-state index >= 15 is 0 Å². The third-order valence-electron chi connectivity index (χ3n) is 1.79. The summed E-state index contributed by atoms with van der Waals surface area (Å²) in [5, 5.41) is 5.92. The Balaban J connectivity index is 2.80. The van der Waals surface area contributed by atoms with Gasteiger partial charge in [0.25, 0.3) is 5.56 Å². The number of aromatic amines is 2. The van der Waals surface area contributed by atoms with Crippen LogP contribution in [0.1, 0.15) is 5.56 Å². The number of H-pyrrole nitrogens is 2. The van der Waals surface area contributed by atoms with E-state index in [2.05, 4.69) is 10.2 Å². The maximum Gasteiger partial charge on any atom is 0.271 e. The molecule has 0 amide bonds. The molecule has 0 bridgehead atoms. The molecule has 12 heavy (non-hydrogen) atoms. The summed E-state index contributed by atoms with van der Waals surface area (Å²) in [6.07, 6.45) is 0. The van der Waals surface area contributed by atoms with Crippen LogP contribution in [0.2, 0.25) is 0 Å². The maximum atomic E-state index is 11.1. The summed E-state index contributed by atoms with van der Waals surface area (Å²) >= 11 is 5.62. The fourth-order valence-corrected chi connectivity index (χ4v) is 1.33. The zero-order chi connectivity index (χ0) is 8.55. The van der Waals surface area contributed by atoms with E-state index in [0.717, 1.165) is 11.1 Å². The van der Waals surface area contributed by atoms with Crippen LogP contribution >= 0.6 is 11.6 Å². The van der Waals surface area contributed by atoms with Gasteiger partial charge in [0.15, 0.2) is 0 Å². The first-order chi connectivity index (χ1) is 5.81. The Labute approximate surface area is 73.3 Å². The average molecular weight is 183 g/mol. The minimum atomic E-state index is -0.100. The molecule has 2 rings (SSSR count). The van der Waals surface area contributed by atoms with Gasteiger partial charge in [0.05, 0.1) is 10.9 Å². The zero-order valence-electron chi connectivity index (χ0n) is 6.23. The van der Waals surface area contributed by atoms with E-state index < -0.39 is 0 Å². The molecule has 3 nitrogen and oxygen atoms in total. The smallest absolute Gasteiger partial charge is 0.271 e. The molecule has 0 atom stereocenters. The van der Waals surface area contributed by atoms with Gasteiger partial charge >= 0.3 is 0 Å². The lowest BCUT2D eigenvalue weighted by Crippen LogP contribution is -1.97. The van der Waals surface area contributed by atoms with Gasteiger partial charge in [-0.1, -0.05) is 6.07 Å².